The Bertz CT molecular complexity index is 758. The number of hydrogen-bond donors (Lipinski definition) is 2. The molecule has 9 nitrogen and oxygen atoms in total. The van der Waals surface area contributed by atoms with Crippen molar-refractivity contribution in [3.8, 4) is 23.0 Å². The van der Waals surface area contributed by atoms with Crippen LogP contribution in [0.2, 0.25) is 10.0 Å². The molecule has 0 bridgehead atoms. The van der Waals surface area contributed by atoms with E-state index in [1.807, 2.05) is 0 Å². The summed E-state index contributed by atoms with van der Waals surface area (Å²) in [6, 6.07) is 3.45. The summed E-state index contributed by atoms with van der Waals surface area (Å²) in [5.41, 5.74) is -1.34. The van der Waals surface area contributed by atoms with Crippen LogP contribution in [0.4, 0.5) is 11.4 Å². The number of nitrogens with zero attached hydrogens (tertiary/aromatic N) is 2. The third-order valence-corrected chi connectivity index (χ3v) is 3.26. The van der Waals surface area contributed by atoms with Gasteiger partial charge >= 0.3 is 11.4 Å². The van der Waals surface area contributed by atoms with Gasteiger partial charge in [0.2, 0.25) is 0 Å². The van der Waals surface area contributed by atoms with Crippen LogP contribution in [-0.2, 0) is 0 Å². The maximum absolute atomic E-state index is 10.8. The van der Waals surface area contributed by atoms with E-state index in [0.717, 1.165) is 24.3 Å². The summed E-state index contributed by atoms with van der Waals surface area (Å²) in [6.07, 6.45) is 0. The van der Waals surface area contributed by atoms with E-state index in [1.54, 1.807) is 0 Å². The molecule has 2 aromatic carbocycles. The van der Waals surface area contributed by atoms with Gasteiger partial charge in [-0.25, -0.2) is 0 Å². The highest BCUT2D eigenvalue weighted by molar-refractivity contribution is 6.33. The lowest BCUT2D eigenvalue weighted by Crippen LogP contribution is -1.94. The van der Waals surface area contributed by atoms with Crippen LogP contribution < -0.4 is 4.74 Å². The molecule has 0 radical (unpaired) electrons. The summed E-state index contributed by atoms with van der Waals surface area (Å²) < 4.78 is 5.24. The number of hydrogen-bond acceptors (Lipinski definition) is 7. The first-order valence-electron chi connectivity index (χ1n) is 5.72. The van der Waals surface area contributed by atoms with Crippen molar-refractivity contribution in [3.63, 3.8) is 0 Å². The molecular weight excluding hydrogens is 355 g/mol. The number of ether oxygens (including phenoxy) is 1. The molecule has 0 aliphatic rings. The number of benzene rings is 2. The maximum atomic E-state index is 10.8. The average molecular weight is 361 g/mol. The number of rotatable bonds is 4. The van der Waals surface area contributed by atoms with Crippen molar-refractivity contribution in [2.24, 2.45) is 0 Å². The maximum Gasteiger partial charge on any atom is 0.314 e. The van der Waals surface area contributed by atoms with Crippen molar-refractivity contribution in [2.75, 3.05) is 0 Å². The molecule has 0 unspecified atom stereocenters. The SMILES string of the molecule is O=[N+]([O-])c1cc(Oc2cc([N+](=O)[O-])c(O)cc2Cl)c(Cl)cc1O. The quantitative estimate of drug-likeness (QED) is 0.620. The molecule has 0 saturated carbocycles. The first-order valence-corrected chi connectivity index (χ1v) is 6.48. The number of phenolic OH excluding ortho intramolecular Hbond substituents is 2. The van der Waals surface area contributed by atoms with Crippen LogP contribution >= 0.6 is 23.2 Å². The molecule has 2 rings (SSSR count). The number of phenols is 2. The number of nitro groups is 2. The van der Waals surface area contributed by atoms with Gasteiger partial charge in [-0.2, -0.15) is 0 Å². The predicted molar refractivity (Wildman–Crippen MR) is 79.6 cm³/mol. The molecule has 0 aliphatic carbocycles. The Labute approximate surface area is 137 Å². The van der Waals surface area contributed by atoms with Crippen LogP contribution in [-0.4, -0.2) is 20.1 Å². The molecule has 0 fully saturated rings. The van der Waals surface area contributed by atoms with Gasteiger partial charge in [-0.1, -0.05) is 23.2 Å². The van der Waals surface area contributed by atoms with Crippen LogP contribution in [0, 0.1) is 20.2 Å². The van der Waals surface area contributed by atoms with Crippen molar-refractivity contribution in [2.45, 2.75) is 0 Å². The van der Waals surface area contributed by atoms with Gasteiger partial charge in [0.05, 0.1) is 32.0 Å². The molecule has 0 atom stereocenters. The minimum absolute atomic E-state index is 0.181. The van der Waals surface area contributed by atoms with Gasteiger partial charge in [0.25, 0.3) is 0 Å². The second kappa shape index (κ2) is 6.15. The van der Waals surface area contributed by atoms with Crippen LogP contribution in [0.15, 0.2) is 24.3 Å². The Morgan fingerprint density at radius 1 is 0.826 bits per heavy atom. The van der Waals surface area contributed by atoms with E-state index in [0.29, 0.717) is 0 Å². The van der Waals surface area contributed by atoms with Gasteiger partial charge in [0.1, 0.15) is 0 Å². The fourth-order valence-electron chi connectivity index (χ4n) is 1.63. The molecule has 0 spiro atoms. The lowest BCUT2D eigenvalue weighted by Gasteiger charge is -2.10. The normalized spacial score (nSPS) is 10.3. The zero-order chi connectivity index (χ0) is 17.3. The third-order valence-electron chi connectivity index (χ3n) is 2.67. The summed E-state index contributed by atoms with van der Waals surface area (Å²) in [4.78, 5) is 19.9. The van der Waals surface area contributed by atoms with E-state index in [2.05, 4.69) is 0 Å². The Hall–Kier alpha value is -2.78. The van der Waals surface area contributed by atoms with Crippen LogP contribution in [0.1, 0.15) is 0 Å². The van der Waals surface area contributed by atoms with E-state index in [9.17, 15) is 30.4 Å². The largest absolute Gasteiger partial charge is 0.502 e. The number of halogens is 2. The monoisotopic (exact) mass is 360 g/mol. The first-order chi connectivity index (χ1) is 10.7. The highest BCUT2D eigenvalue weighted by Crippen LogP contribution is 2.43. The zero-order valence-corrected chi connectivity index (χ0v) is 12.4. The molecular formula is C12H6Cl2N2O7. The van der Waals surface area contributed by atoms with E-state index in [1.165, 1.54) is 0 Å². The van der Waals surface area contributed by atoms with Gasteiger partial charge in [-0.3, -0.25) is 20.2 Å². The summed E-state index contributed by atoms with van der Waals surface area (Å²) in [5.74, 6) is -1.85. The van der Waals surface area contributed by atoms with Crippen molar-refractivity contribution in [1.29, 1.82) is 0 Å². The molecule has 0 heterocycles. The minimum Gasteiger partial charge on any atom is -0.502 e. The Balaban J connectivity index is 2.51. The summed E-state index contributed by atoms with van der Waals surface area (Å²) in [5, 5.41) is 40.1. The van der Waals surface area contributed by atoms with Gasteiger partial charge in [0.15, 0.2) is 23.0 Å². The second-order valence-electron chi connectivity index (χ2n) is 4.16. The molecule has 11 heteroatoms. The molecule has 0 aromatic heterocycles. The topological polar surface area (TPSA) is 136 Å². The standard InChI is InChI=1S/C12H6Cl2N2O7/c13-5-1-9(17)7(15(19)20)3-11(5)23-12-4-8(16(21)22)10(18)2-6(12)14/h1-4,17-18H. The first kappa shape index (κ1) is 16.6. The fourth-order valence-corrected chi connectivity index (χ4v) is 2.02. The molecule has 2 N–H and O–H groups in total. The molecule has 23 heavy (non-hydrogen) atoms. The van der Waals surface area contributed by atoms with Gasteiger partial charge in [0, 0.05) is 12.1 Å². The Kier molecular flexibility index (Phi) is 4.43. The summed E-state index contributed by atoms with van der Waals surface area (Å²) >= 11 is 11.6. The second-order valence-corrected chi connectivity index (χ2v) is 4.97. The van der Waals surface area contributed by atoms with E-state index in [4.69, 9.17) is 27.9 Å². The van der Waals surface area contributed by atoms with Gasteiger partial charge in [-0.15, -0.1) is 0 Å². The lowest BCUT2D eigenvalue weighted by molar-refractivity contribution is -0.385. The summed E-state index contributed by atoms with van der Waals surface area (Å²) in [6.45, 7) is 0. The predicted octanol–water partition coefficient (Wildman–Crippen LogP) is 4.01. The average Bonchev–Trinajstić information content (AvgIpc) is 2.43. The van der Waals surface area contributed by atoms with Gasteiger partial charge in [-0.05, 0) is 0 Å². The molecule has 2 aromatic rings. The molecule has 120 valence electrons. The zero-order valence-electron chi connectivity index (χ0n) is 10.9. The molecule has 0 amide bonds. The molecule has 0 aliphatic heterocycles. The smallest absolute Gasteiger partial charge is 0.314 e. The van der Waals surface area contributed by atoms with E-state index in [-0.39, 0.29) is 21.5 Å². The number of aromatic hydroxyl groups is 2. The van der Waals surface area contributed by atoms with Crippen molar-refractivity contribution >= 4 is 34.6 Å². The van der Waals surface area contributed by atoms with Crippen LogP contribution in [0.5, 0.6) is 23.0 Å². The van der Waals surface area contributed by atoms with Crippen molar-refractivity contribution in [3.05, 3.63) is 54.5 Å². The minimum atomic E-state index is -0.862. The van der Waals surface area contributed by atoms with Crippen LogP contribution in [0.25, 0.3) is 0 Å². The third kappa shape index (κ3) is 3.35. The van der Waals surface area contributed by atoms with Crippen LogP contribution in [0.3, 0.4) is 0 Å². The Morgan fingerprint density at radius 2 is 1.17 bits per heavy atom. The summed E-state index contributed by atoms with van der Waals surface area (Å²) in [7, 11) is 0. The van der Waals surface area contributed by atoms with Crippen molar-refractivity contribution < 1.29 is 24.8 Å². The lowest BCUT2D eigenvalue weighted by atomic mass is 10.2. The highest BCUT2D eigenvalue weighted by Gasteiger charge is 2.22. The fraction of sp³-hybridized carbons (Fsp3) is 0. The molecule has 0 saturated heterocycles. The van der Waals surface area contributed by atoms with E-state index < -0.39 is 32.7 Å². The van der Waals surface area contributed by atoms with E-state index >= 15 is 0 Å². The van der Waals surface area contributed by atoms with Crippen molar-refractivity contribution in [1.82, 2.24) is 0 Å². The van der Waals surface area contributed by atoms with Gasteiger partial charge < -0.3 is 14.9 Å². The Morgan fingerprint density at radius 3 is 1.48 bits per heavy atom. The highest BCUT2D eigenvalue weighted by atomic mass is 35.5. The number of nitro benzene ring substituents is 2.